The fourth-order valence-electron chi connectivity index (χ4n) is 2.63. The van der Waals surface area contributed by atoms with Gasteiger partial charge in [0.15, 0.2) is 0 Å². The molecular weight excluding hydrogens is 304 g/mol. The van der Waals surface area contributed by atoms with E-state index in [1.165, 1.54) is 11.1 Å². The highest BCUT2D eigenvalue weighted by Gasteiger charge is 2.10. The molecule has 2 aromatic carbocycles. The predicted molar refractivity (Wildman–Crippen MR) is 95.1 cm³/mol. The molecule has 1 aromatic heterocycles. The molecule has 0 N–H and O–H groups in total. The van der Waals surface area contributed by atoms with E-state index in [1.807, 2.05) is 24.3 Å². The van der Waals surface area contributed by atoms with Crippen molar-refractivity contribution in [3.8, 4) is 0 Å². The Morgan fingerprint density at radius 1 is 0.696 bits per heavy atom. The van der Waals surface area contributed by atoms with Gasteiger partial charge in [0.2, 0.25) is 0 Å². The van der Waals surface area contributed by atoms with E-state index in [-0.39, 0.29) is 0 Å². The molecule has 0 fully saturated rings. The number of halogens is 1. The van der Waals surface area contributed by atoms with Crippen LogP contribution in [0.25, 0.3) is 0 Å². The number of hydrogen-bond donors (Lipinski definition) is 0. The van der Waals surface area contributed by atoms with E-state index in [1.54, 1.807) is 6.20 Å². The summed E-state index contributed by atoms with van der Waals surface area (Å²) in [4.78, 5) is 6.57. The van der Waals surface area contributed by atoms with Crippen LogP contribution in [0.2, 0.25) is 5.15 Å². The van der Waals surface area contributed by atoms with Crippen molar-refractivity contribution in [2.24, 2.45) is 0 Å². The lowest BCUT2D eigenvalue weighted by Gasteiger charge is -2.23. The van der Waals surface area contributed by atoms with Crippen LogP contribution < -0.4 is 0 Å². The highest BCUT2D eigenvalue weighted by atomic mass is 35.5. The molecular formula is C20H19ClN2. The van der Waals surface area contributed by atoms with Crippen LogP contribution in [0, 0.1) is 0 Å². The molecule has 3 heteroatoms. The van der Waals surface area contributed by atoms with Crippen molar-refractivity contribution < 1.29 is 0 Å². The van der Waals surface area contributed by atoms with Crippen molar-refractivity contribution in [2.45, 2.75) is 19.6 Å². The lowest BCUT2D eigenvalue weighted by atomic mass is 10.1. The quantitative estimate of drug-likeness (QED) is 0.598. The molecule has 0 saturated carbocycles. The van der Waals surface area contributed by atoms with Gasteiger partial charge < -0.3 is 0 Å². The Kier molecular flexibility index (Phi) is 5.41. The van der Waals surface area contributed by atoms with Crippen molar-refractivity contribution in [1.82, 2.24) is 9.88 Å². The van der Waals surface area contributed by atoms with E-state index >= 15 is 0 Å². The first-order valence-electron chi connectivity index (χ1n) is 7.71. The first-order valence-corrected chi connectivity index (χ1v) is 8.08. The van der Waals surface area contributed by atoms with Gasteiger partial charge in [-0.3, -0.25) is 4.90 Å². The molecule has 0 aliphatic carbocycles. The molecule has 1 heterocycles. The van der Waals surface area contributed by atoms with Crippen LogP contribution in [0.4, 0.5) is 0 Å². The second-order valence-electron chi connectivity index (χ2n) is 5.57. The smallest absolute Gasteiger partial charge is 0.133 e. The maximum absolute atomic E-state index is 6.24. The van der Waals surface area contributed by atoms with Gasteiger partial charge in [-0.2, -0.15) is 0 Å². The Morgan fingerprint density at radius 3 is 1.78 bits per heavy atom. The fourth-order valence-corrected chi connectivity index (χ4v) is 2.81. The third-order valence-electron chi connectivity index (χ3n) is 3.73. The molecule has 0 bridgehead atoms. The van der Waals surface area contributed by atoms with Gasteiger partial charge in [-0.15, -0.1) is 0 Å². The summed E-state index contributed by atoms with van der Waals surface area (Å²) in [7, 11) is 0. The van der Waals surface area contributed by atoms with E-state index in [0.29, 0.717) is 5.15 Å². The van der Waals surface area contributed by atoms with Gasteiger partial charge in [0.25, 0.3) is 0 Å². The topological polar surface area (TPSA) is 16.1 Å². The van der Waals surface area contributed by atoms with E-state index in [9.17, 15) is 0 Å². The summed E-state index contributed by atoms with van der Waals surface area (Å²) < 4.78 is 0. The van der Waals surface area contributed by atoms with Crippen LogP contribution in [-0.2, 0) is 19.6 Å². The zero-order chi connectivity index (χ0) is 15.9. The summed E-state index contributed by atoms with van der Waals surface area (Å²) in [5.74, 6) is 0. The molecule has 0 radical (unpaired) electrons. The van der Waals surface area contributed by atoms with Crippen LogP contribution in [0.3, 0.4) is 0 Å². The molecule has 116 valence electrons. The zero-order valence-electron chi connectivity index (χ0n) is 12.9. The van der Waals surface area contributed by atoms with Gasteiger partial charge in [0, 0.05) is 31.4 Å². The van der Waals surface area contributed by atoms with Crippen molar-refractivity contribution >= 4 is 11.6 Å². The second kappa shape index (κ2) is 7.91. The van der Waals surface area contributed by atoms with Crippen molar-refractivity contribution in [3.63, 3.8) is 0 Å². The van der Waals surface area contributed by atoms with Gasteiger partial charge in [-0.25, -0.2) is 4.98 Å². The minimum atomic E-state index is 0.582. The van der Waals surface area contributed by atoms with Crippen molar-refractivity contribution in [1.29, 1.82) is 0 Å². The Balaban J connectivity index is 1.79. The third kappa shape index (κ3) is 4.65. The monoisotopic (exact) mass is 322 g/mol. The molecule has 0 aliphatic heterocycles. The fraction of sp³-hybridized carbons (Fsp3) is 0.150. The molecule has 0 saturated heterocycles. The molecule has 3 aromatic rings. The van der Waals surface area contributed by atoms with E-state index in [2.05, 4.69) is 58.4 Å². The number of rotatable bonds is 6. The summed E-state index contributed by atoms with van der Waals surface area (Å²) in [6.45, 7) is 2.53. The number of aromatic nitrogens is 1. The van der Waals surface area contributed by atoms with E-state index in [4.69, 9.17) is 11.6 Å². The van der Waals surface area contributed by atoms with Crippen LogP contribution >= 0.6 is 11.6 Å². The number of pyridine rings is 1. The first-order chi connectivity index (χ1) is 11.3. The highest BCUT2D eigenvalue weighted by Crippen LogP contribution is 2.18. The van der Waals surface area contributed by atoms with Gasteiger partial charge in [0.05, 0.1) is 0 Å². The van der Waals surface area contributed by atoms with Crippen LogP contribution in [0.5, 0.6) is 0 Å². The Labute approximate surface area is 142 Å². The van der Waals surface area contributed by atoms with Gasteiger partial charge in [0.1, 0.15) is 5.15 Å². The Morgan fingerprint density at radius 2 is 1.26 bits per heavy atom. The van der Waals surface area contributed by atoms with E-state index < -0.39 is 0 Å². The Hall–Kier alpha value is -2.16. The molecule has 0 unspecified atom stereocenters. The first kappa shape index (κ1) is 15.7. The molecule has 0 amide bonds. The molecule has 0 atom stereocenters. The standard InChI is InChI=1S/C20H19ClN2/c21-20-19(12-7-13-22-20)16-23(14-17-8-3-1-4-9-17)15-18-10-5-2-6-11-18/h1-13H,14-16H2. The average Bonchev–Trinajstić information content (AvgIpc) is 2.59. The number of benzene rings is 2. The molecule has 2 nitrogen and oxygen atoms in total. The lowest BCUT2D eigenvalue weighted by Crippen LogP contribution is -2.22. The predicted octanol–water partition coefficient (Wildman–Crippen LogP) is 4.94. The summed E-state index contributed by atoms with van der Waals surface area (Å²) in [6.07, 6.45) is 1.73. The van der Waals surface area contributed by atoms with Crippen LogP contribution in [0.15, 0.2) is 79.0 Å². The van der Waals surface area contributed by atoms with Gasteiger partial charge in [-0.1, -0.05) is 78.3 Å². The second-order valence-corrected chi connectivity index (χ2v) is 5.93. The minimum Gasteiger partial charge on any atom is -0.290 e. The van der Waals surface area contributed by atoms with E-state index in [0.717, 1.165) is 25.2 Å². The normalized spacial score (nSPS) is 10.9. The minimum absolute atomic E-state index is 0.582. The largest absolute Gasteiger partial charge is 0.290 e. The SMILES string of the molecule is Clc1ncccc1CN(Cc1ccccc1)Cc1ccccc1. The van der Waals surface area contributed by atoms with Gasteiger partial charge >= 0.3 is 0 Å². The average molecular weight is 323 g/mol. The van der Waals surface area contributed by atoms with Crippen LogP contribution in [-0.4, -0.2) is 9.88 Å². The number of hydrogen-bond acceptors (Lipinski definition) is 2. The zero-order valence-corrected chi connectivity index (χ0v) is 13.7. The van der Waals surface area contributed by atoms with Crippen LogP contribution in [0.1, 0.15) is 16.7 Å². The summed E-state index contributed by atoms with van der Waals surface area (Å²) >= 11 is 6.24. The maximum Gasteiger partial charge on any atom is 0.133 e. The Bertz CT molecular complexity index is 687. The molecule has 0 aliphatic rings. The van der Waals surface area contributed by atoms with Gasteiger partial charge in [-0.05, 0) is 17.2 Å². The summed E-state index contributed by atoms with van der Waals surface area (Å²) in [6, 6.07) is 25.0. The summed E-state index contributed by atoms with van der Waals surface area (Å²) in [5, 5.41) is 0.582. The van der Waals surface area contributed by atoms with Crippen molar-refractivity contribution in [3.05, 3.63) is 101 Å². The molecule has 0 spiro atoms. The lowest BCUT2D eigenvalue weighted by molar-refractivity contribution is 0.247. The molecule has 3 rings (SSSR count). The third-order valence-corrected chi connectivity index (χ3v) is 4.07. The molecule has 23 heavy (non-hydrogen) atoms. The maximum atomic E-state index is 6.24. The number of nitrogens with zero attached hydrogens (tertiary/aromatic N) is 2. The highest BCUT2D eigenvalue weighted by molar-refractivity contribution is 6.30. The summed E-state index contributed by atoms with van der Waals surface area (Å²) in [5.41, 5.74) is 3.65. The van der Waals surface area contributed by atoms with Crippen molar-refractivity contribution in [2.75, 3.05) is 0 Å².